The SMILES string of the molecule is CCCNC(=O)c1cc(NC(=O)c2cc(Cl)cc(Cl)c2)ccc1N1CCCCC1. The van der Waals surface area contributed by atoms with E-state index in [1.165, 1.54) is 6.42 Å². The van der Waals surface area contributed by atoms with Crippen molar-refractivity contribution < 1.29 is 9.59 Å². The zero-order valence-corrected chi connectivity index (χ0v) is 17.9. The summed E-state index contributed by atoms with van der Waals surface area (Å²) < 4.78 is 0. The van der Waals surface area contributed by atoms with Gasteiger partial charge in [-0.2, -0.15) is 0 Å². The number of hydrogen-bond acceptors (Lipinski definition) is 3. The Morgan fingerprint density at radius 2 is 1.66 bits per heavy atom. The maximum Gasteiger partial charge on any atom is 0.255 e. The molecule has 7 heteroatoms. The molecule has 3 rings (SSSR count). The van der Waals surface area contributed by atoms with Gasteiger partial charge in [0.15, 0.2) is 0 Å². The fraction of sp³-hybridized carbons (Fsp3) is 0.364. The lowest BCUT2D eigenvalue weighted by atomic mass is 10.1. The third kappa shape index (κ3) is 5.64. The summed E-state index contributed by atoms with van der Waals surface area (Å²) in [6.45, 7) is 4.48. The molecular formula is C22H25Cl2N3O2. The van der Waals surface area contributed by atoms with Gasteiger partial charge in [0.25, 0.3) is 11.8 Å². The normalized spacial score (nSPS) is 13.8. The first-order valence-corrected chi connectivity index (χ1v) is 10.7. The second-order valence-electron chi connectivity index (χ2n) is 7.15. The third-order valence-corrected chi connectivity index (χ3v) is 5.29. The Morgan fingerprint density at radius 1 is 0.966 bits per heavy atom. The van der Waals surface area contributed by atoms with Crippen molar-refractivity contribution in [2.75, 3.05) is 29.9 Å². The summed E-state index contributed by atoms with van der Waals surface area (Å²) in [7, 11) is 0. The quantitative estimate of drug-likeness (QED) is 0.642. The number of carbonyl (C=O) groups is 2. The van der Waals surface area contributed by atoms with Gasteiger partial charge in [-0.1, -0.05) is 30.1 Å². The largest absolute Gasteiger partial charge is 0.371 e. The molecule has 0 bridgehead atoms. The Morgan fingerprint density at radius 3 is 2.31 bits per heavy atom. The number of halogens is 2. The zero-order valence-electron chi connectivity index (χ0n) is 16.4. The molecule has 0 saturated carbocycles. The van der Waals surface area contributed by atoms with Gasteiger partial charge in [0, 0.05) is 46.6 Å². The molecular weight excluding hydrogens is 409 g/mol. The number of nitrogens with one attached hydrogen (secondary N) is 2. The Kier molecular flexibility index (Phi) is 7.40. The summed E-state index contributed by atoms with van der Waals surface area (Å²) in [5.41, 5.74) is 2.39. The smallest absolute Gasteiger partial charge is 0.255 e. The number of piperidine rings is 1. The van der Waals surface area contributed by atoms with Crippen molar-refractivity contribution in [1.82, 2.24) is 5.32 Å². The molecule has 1 fully saturated rings. The molecule has 1 aliphatic heterocycles. The molecule has 1 heterocycles. The minimum Gasteiger partial charge on any atom is -0.371 e. The van der Waals surface area contributed by atoms with Crippen LogP contribution in [-0.4, -0.2) is 31.4 Å². The highest BCUT2D eigenvalue weighted by Gasteiger charge is 2.20. The summed E-state index contributed by atoms with van der Waals surface area (Å²) >= 11 is 12.0. The van der Waals surface area contributed by atoms with E-state index in [9.17, 15) is 9.59 Å². The molecule has 1 aliphatic rings. The molecule has 0 spiro atoms. The van der Waals surface area contributed by atoms with Gasteiger partial charge < -0.3 is 15.5 Å². The first-order valence-electron chi connectivity index (χ1n) is 9.92. The first kappa shape index (κ1) is 21.5. The van der Waals surface area contributed by atoms with Crippen molar-refractivity contribution in [3.8, 4) is 0 Å². The average molecular weight is 434 g/mol. The van der Waals surface area contributed by atoms with Gasteiger partial charge in [-0.05, 0) is 62.1 Å². The summed E-state index contributed by atoms with van der Waals surface area (Å²) in [5.74, 6) is -0.464. The number of amides is 2. The van der Waals surface area contributed by atoms with Crippen LogP contribution in [0.2, 0.25) is 10.0 Å². The van der Waals surface area contributed by atoms with Crippen LogP contribution in [0.1, 0.15) is 53.3 Å². The number of benzene rings is 2. The Labute approximate surface area is 181 Å². The van der Waals surface area contributed by atoms with Crippen molar-refractivity contribution in [2.45, 2.75) is 32.6 Å². The van der Waals surface area contributed by atoms with Crippen molar-refractivity contribution in [3.63, 3.8) is 0 Å². The molecule has 0 aromatic heterocycles. The minimum absolute atomic E-state index is 0.130. The predicted octanol–water partition coefficient (Wildman–Crippen LogP) is 5.38. The van der Waals surface area contributed by atoms with Crippen molar-refractivity contribution >= 4 is 46.4 Å². The molecule has 2 amide bonds. The summed E-state index contributed by atoms with van der Waals surface area (Å²) in [6.07, 6.45) is 4.30. The molecule has 0 atom stereocenters. The van der Waals surface area contributed by atoms with E-state index < -0.39 is 0 Å². The molecule has 2 aromatic rings. The molecule has 2 aromatic carbocycles. The van der Waals surface area contributed by atoms with E-state index in [1.54, 1.807) is 24.3 Å². The van der Waals surface area contributed by atoms with Crippen molar-refractivity contribution in [3.05, 3.63) is 57.6 Å². The lowest BCUT2D eigenvalue weighted by Crippen LogP contribution is -2.33. The summed E-state index contributed by atoms with van der Waals surface area (Å²) in [4.78, 5) is 27.6. The van der Waals surface area contributed by atoms with Crippen LogP contribution in [0.15, 0.2) is 36.4 Å². The Bertz CT molecular complexity index is 875. The second kappa shape index (κ2) is 9.99. The van der Waals surface area contributed by atoms with Crippen molar-refractivity contribution in [2.24, 2.45) is 0 Å². The van der Waals surface area contributed by atoms with E-state index in [0.717, 1.165) is 38.0 Å². The fourth-order valence-corrected chi connectivity index (χ4v) is 3.95. The maximum absolute atomic E-state index is 12.8. The second-order valence-corrected chi connectivity index (χ2v) is 8.02. The predicted molar refractivity (Wildman–Crippen MR) is 120 cm³/mol. The van der Waals surface area contributed by atoms with Gasteiger partial charge >= 0.3 is 0 Å². The van der Waals surface area contributed by atoms with Crippen LogP contribution in [0, 0.1) is 0 Å². The molecule has 0 aliphatic carbocycles. The average Bonchev–Trinajstić information content (AvgIpc) is 2.72. The molecule has 2 N–H and O–H groups in total. The van der Waals surface area contributed by atoms with E-state index in [4.69, 9.17) is 23.2 Å². The Hall–Kier alpha value is -2.24. The van der Waals surface area contributed by atoms with Crippen LogP contribution >= 0.6 is 23.2 Å². The summed E-state index contributed by atoms with van der Waals surface area (Å²) in [6, 6.07) is 10.2. The van der Waals surface area contributed by atoms with Crippen LogP contribution < -0.4 is 15.5 Å². The third-order valence-electron chi connectivity index (χ3n) is 4.86. The fourth-order valence-electron chi connectivity index (χ4n) is 3.43. The molecule has 29 heavy (non-hydrogen) atoms. The van der Waals surface area contributed by atoms with E-state index in [-0.39, 0.29) is 11.8 Å². The van der Waals surface area contributed by atoms with E-state index in [1.807, 2.05) is 19.1 Å². The van der Waals surface area contributed by atoms with E-state index >= 15 is 0 Å². The molecule has 0 radical (unpaired) electrons. The number of hydrogen-bond donors (Lipinski definition) is 2. The maximum atomic E-state index is 12.8. The molecule has 0 unspecified atom stereocenters. The van der Waals surface area contributed by atoms with Crippen LogP contribution in [0.4, 0.5) is 11.4 Å². The first-order chi connectivity index (χ1) is 14.0. The number of nitrogens with zero attached hydrogens (tertiary/aromatic N) is 1. The van der Waals surface area contributed by atoms with Gasteiger partial charge in [0.2, 0.25) is 0 Å². The molecule has 5 nitrogen and oxygen atoms in total. The van der Waals surface area contributed by atoms with Crippen LogP contribution in [-0.2, 0) is 0 Å². The molecule has 1 saturated heterocycles. The van der Waals surface area contributed by atoms with E-state index in [2.05, 4.69) is 15.5 Å². The highest BCUT2D eigenvalue weighted by molar-refractivity contribution is 6.35. The van der Waals surface area contributed by atoms with Crippen LogP contribution in [0.25, 0.3) is 0 Å². The number of carbonyl (C=O) groups excluding carboxylic acids is 2. The summed E-state index contributed by atoms with van der Waals surface area (Å²) in [5, 5.41) is 6.56. The van der Waals surface area contributed by atoms with Gasteiger partial charge in [-0.25, -0.2) is 0 Å². The zero-order chi connectivity index (χ0) is 20.8. The number of rotatable bonds is 6. The highest BCUT2D eigenvalue weighted by atomic mass is 35.5. The van der Waals surface area contributed by atoms with Gasteiger partial charge in [0.1, 0.15) is 0 Å². The van der Waals surface area contributed by atoms with Gasteiger partial charge in [-0.3, -0.25) is 9.59 Å². The highest BCUT2D eigenvalue weighted by Crippen LogP contribution is 2.28. The van der Waals surface area contributed by atoms with Gasteiger partial charge in [-0.15, -0.1) is 0 Å². The van der Waals surface area contributed by atoms with Crippen LogP contribution in [0.5, 0.6) is 0 Å². The topological polar surface area (TPSA) is 61.4 Å². The standard InChI is InChI=1S/C22H25Cl2N3O2/c1-2-8-25-22(29)19-14-18(6-7-20(19)27-9-4-3-5-10-27)26-21(28)15-11-16(23)13-17(24)12-15/h6-7,11-14H,2-5,8-10H2,1H3,(H,25,29)(H,26,28). The number of anilines is 2. The van der Waals surface area contributed by atoms with Crippen LogP contribution in [0.3, 0.4) is 0 Å². The van der Waals surface area contributed by atoms with Gasteiger partial charge in [0.05, 0.1) is 5.56 Å². The lowest BCUT2D eigenvalue weighted by Gasteiger charge is -2.30. The minimum atomic E-state index is -0.333. The van der Waals surface area contributed by atoms with Crippen molar-refractivity contribution in [1.29, 1.82) is 0 Å². The lowest BCUT2D eigenvalue weighted by molar-refractivity contribution is 0.0952. The monoisotopic (exact) mass is 433 g/mol. The Balaban J connectivity index is 1.87. The van der Waals surface area contributed by atoms with E-state index in [0.29, 0.717) is 33.4 Å². The molecule has 154 valence electrons.